The van der Waals surface area contributed by atoms with E-state index in [2.05, 4.69) is 9.97 Å². The Bertz CT molecular complexity index is 809. The molecule has 1 aliphatic rings. The summed E-state index contributed by atoms with van der Waals surface area (Å²) in [5.41, 5.74) is 0.455. The quantitative estimate of drug-likeness (QED) is 0.780. The Labute approximate surface area is 126 Å². The number of fused-ring (bicyclic) bond motifs is 1. The Morgan fingerprint density at radius 3 is 2.73 bits per heavy atom. The second-order valence-electron chi connectivity index (χ2n) is 5.61. The maximum absolute atomic E-state index is 11.6. The molecule has 22 heavy (non-hydrogen) atoms. The highest BCUT2D eigenvalue weighted by atomic mass is 31.2. The van der Waals surface area contributed by atoms with Crippen LogP contribution in [0.5, 0.6) is 0 Å². The average molecular weight is 324 g/mol. The van der Waals surface area contributed by atoms with Gasteiger partial charge in [0.25, 0.3) is 5.56 Å². The second-order valence-corrected chi connectivity index (χ2v) is 7.39. The molecule has 0 aromatic carbocycles. The zero-order valence-electron chi connectivity index (χ0n) is 12.1. The van der Waals surface area contributed by atoms with Crippen molar-refractivity contribution in [3.8, 4) is 0 Å². The van der Waals surface area contributed by atoms with Crippen molar-refractivity contribution in [1.82, 2.24) is 14.5 Å². The molecule has 0 bridgehead atoms. The molecule has 1 aliphatic heterocycles. The standard InChI is InChI=1S/C13H17N4O4P/c1-16-11(18)3-2-10-12(16)14-8-15-13(10)17-6-9(7-17)4-5-22(19,20)21/h2-3,8-9H,4-7H2,1H3,(H2,19,20,21). The molecule has 0 radical (unpaired) electrons. The van der Waals surface area contributed by atoms with Gasteiger partial charge in [-0.1, -0.05) is 0 Å². The SMILES string of the molecule is Cn1c(=O)ccc2c(N3CC(CCP(=O)(O)O)C3)ncnc21. The molecular formula is C13H17N4O4P. The number of hydrogen-bond acceptors (Lipinski definition) is 5. The minimum absolute atomic E-state index is 0.0788. The number of rotatable bonds is 4. The Morgan fingerprint density at radius 1 is 1.32 bits per heavy atom. The molecule has 0 saturated carbocycles. The van der Waals surface area contributed by atoms with Crippen LogP contribution in [0.15, 0.2) is 23.3 Å². The highest BCUT2D eigenvalue weighted by Crippen LogP contribution is 2.38. The minimum atomic E-state index is -3.92. The minimum Gasteiger partial charge on any atom is -0.355 e. The van der Waals surface area contributed by atoms with Gasteiger partial charge in [-0.05, 0) is 18.4 Å². The van der Waals surface area contributed by atoms with Crippen LogP contribution < -0.4 is 10.5 Å². The maximum atomic E-state index is 11.6. The van der Waals surface area contributed by atoms with Crippen molar-refractivity contribution in [1.29, 1.82) is 0 Å². The first kappa shape index (κ1) is 15.1. The molecule has 9 heteroatoms. The van der Waals surface area contributed by atoms with Crippen molar-refractivity contribution >= 4 is 24.4 Å². The van der Waals surface area contributed by atoms with Crippen LogP contribution in [0.2, 0.25) is 0 Å². The van der Waals surface area contributed by atoms with E-state index in [0.29, 0.717) is 25.2 Å². The lowest BCUT2D eigenvalue weighted by atomic mass is 9.97. The fourth-order valence-corrected chi connectivity index (χ4v) is 3.39. The van der Waals surface area contributed by atoms with Gasteiger partial charge in [0.1, 0.15) is 17.8 Å². The van der Waals surface area contributed by atoms with Gasteiger partial charge in [0.2, 0.25) is 0 Å². The zero-order chi connectivity index (χ0) is 15.9. The lowest BCUT2D eigenvalue weighted by molar-refractivity contribution is 0.350. The van der Waals surface area contributed by atoms with E-state index in [4.69, 9.17) is 9.79 Å². The predicted molar refractivity (Wildman–Crippen MR) is 82.0 cm³/mol. The summed E-state index contributed by atoms with van der Waals surface area (Å²) >= 11 is 0. The Kier molecular flexibility index (Phi) is 3.76. The lowest BCUT2D eigenvalue weighted by Crippen LogP contribution is -2.47. The first-order chi connectivity index (χ1) is 10.3. The van der Waals surface area contributed by atoms with Gasteiger partial charge >= 0.3 is 7.60 Å². The number of aryl methyl sites for hydroxylation is 1. The molecule has 1 saturated heterocycles. The van der Waals surface area contributed by atoms with Crippen LogP contribution in [0.1, 0.15) is 6.42 Å². The van der Waals surface area contributed by atoms with Crippen LogP contribution in [0.3, 0.4) is 0 Å². The average Bonchev–Trinajstić information content (AvgIpc) is 2.40. The van der Waals surface area contributed by atoms with Crippen LogP contribution >= 0.6 is 7.60 Å². The number of anilines is 1. The summed E-state index contributed by atoms with van der Waals surface area (Å²) in [6, 6.07) is 3.20. The fourth-order valence-electron chi connectivity index (χ4n) is 2.69. The summed E-state index contributed by atoms with van der Waals surface area (Å²) in [6.45, 7) is 1.41. The molecule has 0 spiro atoms. The van der Waals surface area contributed by atoms with E-state index in [1.165, 1.54) is 17.0 Å². The van der Waals surface area contributed by atoms with Gasteiger partial charge in [0, 0.05) is 26.2 Å². The monoisotopic (exact) mass is 324 g/mol. The van der Waals surface area contributed by atoms with Gasteiger partial charge in [-0.3, -0.25) is 13.9 Å². The summed E-state index contributed by atoms with van der Waals surface area (Å²) in [5.74, 6) is 1.01. The van der Waals surface area contributed by atoms with Crippen LogP contribution in [0, 0.1) is 5.92 Å². The van der Waals surface area contributed by atoms with Gasteiger partial charge in [-0.15, -0.1) is 0 Å². The van der Waals surface area contributed by atoms with E-state index < -0.39 is 7.60 Å². The van der Waals surface area contributed by atoms with Gasteiger partial charge in [0.15, 0.2) is 0 Å². The predicted octanol–water partition coefficient (Wildman–Crippen LogP) is 0.332. The van der Waals surface area contributed by atoms with Crippen LogP contribution in [0.25, 0.3) is 11.0 Å². The molecule has 2 aromatic heterocycles. The van der Waals surface area contributed by atoms with Crippen molar-refractivity contribution in [3.63, 3.8) is 0 Å². The molecule has 0 aliphatic carbocycles. The normalized spacial score (nSPS) is 16.0. The fraction of sp³-hybridized carbons (Fsp3) is 0.462. The lowest BCUT2D eigenvalue weighted by Gasteiger charge is -2.40. The first-order valence-corrected chi connectivity index (χ1v) is 8.75. The molecule has 8 nitrogen and oxygen atoms in total. The van der Waals surface area contributed by atoms with Gasteiger partial charge < -0.3 is 14.7 Å². The highest BCUT2D eigenvalue weighted by Gasteiger charge is 2.30. The molecule has 2 aromatic rings. The van der Waals surface area contributed by atoms with Crippen LogP contribution in [-0.4, -0.2) is 43.6 Å². The Balaban J connectivity index is 1.78. The van der Waals surface area contributed by atoms with Crippen LogP contribution in [-0.2, 0) is 11.6 Å². The zero-order valence-corrected chi connectivity index (χ0v) is 13.0. The summed E-state index contributed by atoms with van der Waals surface area (Å²) in [6.07, 6.45) is 1.85. The maximum Gasteiger partial charge on any atom is 0.325 e. The van der Waals surface area contributed by atoms with Gasteiger partial charge in [-0.25, -0.2) is 9.97 Å². The molecule has 3 heterocycles. The molecule has 0 atom stereocenters. The first-order valence-electron chi connectivity index (χ1n) is 6.95. The molecule has 2 N–H and O–H groups in total. The van der Waals surface area contributed by atoms with Crippen molar-refractivity contribution in [2.24, 2.45) is 13.0 Å². The molecular weight excluding hydrogens is 307 g/mol. The van der Waals surface area contributed by atoms with Crippen molar-refractivity contribution in [2.75, 3.05) is 24.2 Å². The van der Waals surface area contributed by atoms with Crippen LogP contribution in [0.4, 0.5) is 5.82 Å². The van der Waals surface area contributed by atoms with E-state index >= 15 is 0 Å². The van der Waals surface area contributed by atoms with Crippen molar-refractivity contribution < 1.29 is 14.4 Å². The van der Waals surface area contributed by atoms with E-state index in [-0.39, 0.29) is 17.6 Å². The summed E-state index contributed by atoms with van der Waals surface area (Å²) in [4.78, 5) is 39.9. The van der Waals surface area contributed by atoms with Gasteiger partial charge in [0.05, 0.1) is 11.5 Å². The molecule has 0 amide bonds. The third-order valence-electron chi connectivity index (χ3n) is 3.97. The van der Waals surface area contributed by atoms with E-state index in [1.54, 1.807) is 13.1 Å². The topological polar surface area (TPSA) is 109 Å². The second kappa shape index (κ2) is 5.46. The molecule has 3 rings (SSSR count). The Hall–Kier alpha value is -1.76. The van der Waals surface area contributed by atoms with Gasteiger partial charge in [-0.2, -0.15) is 0 Å². The molecule has 118 valence electrons. The number of aromatic nitrogens is 3. The third-order valence-corrected chi connectivity index (χ3v) is 4.81. The van der Waals surface area contributed by atoms with E-state index in [9.17, 15) is 9.36 Å². The summed E-state index contributed by atoms with van der Waals surface area (Å²) in [7, 11) is -2.26. The number of nitrogens with zero attached hydrogens (tertiary/aromatic N) is 4. The smallest absolute Gasteiger partial charge is 0.325 e. The largest absolute Gasteiger partial charge is 0.355 e. The van der Waals surface area contributed by atoms with Crippen molar-refractivity contribution in [2.45, 2.75) is 6.42 Å². The van der Waals surface area contributed by atoms with E-state index in [0.717, 1.165) is 11.2 Å². The summed E-state index contributed by atoms with van der Waals surface area (Å²) in [5, 5.41) is 0.804. The summed E-state index contributed by atoms with van der Waals surface area (Å²) < 4.78 is 12.4. The molecule has 1 fully saturated rings. The highest BCUT2D eigenvalue weighted by molar-refractivity contribution is 7.51. The Morgan fingerprint density at radius 2 is 2.05 bits per heavy atom. The van der Waals surface area contributed by atoms with Crippen molar-refractivity contribution in [3.05, 3.63) is 28.8 Å². The molecule has 0 unspecified atom stereocenters. The van der Waals surface area contributed by atoms with E-state index in [1.807, 2.05) is 4.90 Å². The number of hydrogen-bond donors (Lipinski definition) is 2. The third kappa shape index (κ3) is 2.90. The number of pyridine rings is 1.